The van der Waals surface area contributed by atoms with E-state index in [4.69, 9.17) is 5.73 Å². The van der Waals surface area contributed by atoms with Gasteiger partial charge in [-0.15, -0.1) is 0 Å². The highest BCUT2D eigenvalue weighted by molar-refractivity contribution is 5.82. The summed E-state index contributed by atoms with van der Waals surface area (Å²) < 4.78 is 0. The van der Waals surface area contributed by atoms with Crippen molar-refractivity contribution in [1.29, 1.82) is 0 Å². The fourth-order valence-electron chi connectivity index (χ4n) is 2.34. The number of rotatable bonds is 5. The molecule has 0 spiro atoms. The summed E-state index contributed by atoms with van der Waals surface area (Å²) in [6.07, 6.45) is 1.00. The van der Waals surface area contributed by atoms with E-state index in [1.807, 2.05) is 23.1 Å². The van der Waals surface area contributed by atoms with E-state index >= 15 is 0 Å². The van der Waals surface area contributed by atoms with E-state index in [1.165, 1.54) is 0 Å². The Kier molecular flexibility index (Phi) is 3.71. The van der Waals surface area contributed by atoms with E-state index in [9.17, 15) is 4.79 Å². The molecular formula is C15H22N2O. The summed E-state index contributed by atoms with van der Waals surface area (Å²) in [7, 11) is 0. The van der Waals surface area contributed by atoms with E-state index in [1.54, 1.807) is 0 Å². The first-order valence-electron chi connectivity index (χ1n) is 6.57. The number of amides is 1. The molecule has 1 unspecified atom stereocenters. The maximum atomic E-state index is 12.4. The van der Waals surface area contributed by atoms with Crippen LogP contribution >= 0.6 is 0 Å². The molecule has 1 aliphatic carbocycles. The SMILES string of the molecule is CC1(C)CC1C(=O)N(CCN)Cc1ccccc1. The lowest BCUT2D eigenvalue weighted by Crippen LogP contribution is -2.36. The molecule has 0 aliphatic heterocycles. The Hall–Kier alpha value is -1.35. The van der Waals surface area contributed by atoms with Crippen LogP contribution in [0.25, 0.3) is 0 Å². The lowest BCUT2D eigenvalue weighted by atomic mass is 10.1. The molecular weight excluding hydrogens is 224 g/mol. The average Bonchev–Trinajstić information content (AvgIpc) is 2.98. The zero-order chi connectivity index (χ0) is 13.2. The first-order chi connectivity index (χ1) is 8.54. The van der Waals surface area contributed by atoms with Crippen LogP contribution in [0, 0.1) is 11.3 Å². The monoisotopic (exact) mass is 246 g/mol. The van der Waals surface area contributed by atoms with E-state index < -0.39 is 0 Å². The first-order valence-corrected chi connectivity index (χ1v) is 6.57. The molecule has 1 aromatic rings. The molecule has 0 bridgehead atoms. The van der Waals surface area contributed by atoms with Crippen LogP contribution in [-0.4, -0.2) is 23.9 Å². The minimum Gasteiger partial charge on any atom is -0.337 e. The zero-order valence-electron chi connectivity index (χ0n) is 11.2. The minimum atomic E-state index is 0.181. The van der Waals surface area contributed by atoms with Crippen LogP contribution in [0.2, 0.25) is 0 Å². The normalized spacial score (nSPS) is 20.5. The van der Waals surface area contributed by atoms with Crippen molar-refractivity contribution >= 4 is 5.91 Å². The maximum absolute atomic E-state index is 12.4. The molecule has 0 saturated heterocycles. The minimum absolute atomic E-state index is 0.181. The summed E-state index contributed by atoms with van der Waals surface area (Å²) >= 11 is 0. The molecule has 0 radical (unpaired) electrons. The predicted octanol–water partition coefficient (Wildman–Crippen LogP) is 2.02. The van der Waals surface area contributed by atoms with Gasteiger partial charge < -0.3 is 10.6 Å². The van der Waals surface area contributed by atoms with E-state index in [-0.39, 0.29) is 17.2 Å². The van der Waals surface area contributed by atoms with Crippen molar-refractivity contribution in [3.63, 3.8) is 0 Å². The lowest BCUT2D eigenvalue weighted by molar-refractivity contribution is -0.133. The van der Waals surface area contributed by atoms with Gasteiger partial charge in [0.15, 0.2) is 0 Å². The number of nitrogens with zero attached hydrogens (tertiary/aromatic N) is 1. The Morgan fingerprint density at radius 3 is 2.50 bits per heavy atom. The van der Waals surface area contributed by atoms with Crippen LogP contribution in [0.3, 0.4) is 0 Å². The van der Waals surface area contributed by atoms with Crippen molar-refractivity contribution < 1.29 is 4.79 Å². The molecule has 2 N–H and O–H groups in total. The Bertz CT molecular complexity index is 414. The highest BCUT2D eigenvalue weighted by atomic mass is 16.2. The molecule has 1 aliphatic rings. The molecule has 3 heteroatoms. The van der Waals surface area contributed by atoms with Gasteiger partial charge in [-0.3, -0.25) is 4.79 Å². The summed E-state index contributed by atoms with van der Waals surface area (Å²) in [5, 5.41) is 0. The lowest BCUT2D eigenvalue weighted by Gasteiger charge is -2.23. The number of nitrogens with two attached hydrogens (primary N) is 1. The summed E-state index contributed by atoms with van der Waals surface area (Å²) in [6, 6.07) is 10.1. The number of benzene rings is 1. The summed E-state index contributed by atoms with van der Waals surface area (Å²) in [5.41, 5.74) is 6.96. The largest absolute Gasteiger partial charge is 0.337 e. The number of hydrogen-bond donors (Lipinski definition) is 1. The smallest absolute Gasteiger partial charge is 0.226 e. The Morgan fingerprint density at radius 2 is 2.00 bits per heavy atom. The van der Waals surface area contributed by atoms with Gasteiger partial charge in [0.25, 0.3) is 0 Å². The van der Waals surface area contributed by atoms with Crippen molar-refractivity contribution in [2.24, 2.45) is 17.1 Å². The van der Waals surface area contributed by atoms with Crippen LogP contribution in [0.5, 0.6) is 0 Å². The van der Waals surface area contributed by atoms with E-state index in [0.717, 1.165) is 12.0 Å². The number of hydrogen-bond acceptors (Lipinski definition) is 2. The van der Waals surface area contributed by atoms with Crippen LogP contribution < -0.4 is 5.73 Å². The topological polar surface area (TPSA) is 46.3 Å². The average molecular weight is 246 g/mol. The van der Waals surface area contributed by atoms with Gasteiger partial charge in [-0.1, -0.05) is 44.2 Å². The second-order valence-electron chi connectivity index (χ2n) is 5.78. The van der Waals surface area contributed by atoms with Crippen LogP contribution in [0.15, 0.2) is 30.3 Å². The second kappa shape index (κ2) is 5.11. The molecule has 98 valence electrons. The fourth-order valence-corrected chi connectivity index (χ4v) is 2.34. The number of carbonyl (C=O) groups is 1. The Morgan fingerprint density at radius 1 is 1.39 bits per heavy atom. The molecule has 1 aromatic carbocycles. The van der Waals surface area contributed by atoms with Crippen molar-refractivity contribution in [3.05, 3.63) is 35.9 Å². The third-order valence-electron chi connectivity index (χ3n) is 3.74. The Labute approximate surface area is 109 Å². The van der Waals surface area contributed by atoms with Gasteiger partial charge >= 0.3 is 0 Å². The summed E-state index contributed by atoms with van der Waals surface area (Å²) in [5.74, 6) is 0.446. The first kappa shape index (κ1) is 13.1. The molecule has 2 rings (SSSR count). The third kappa shape index (κ3) is 2.91. The molecule has 1 fully saturated rings. The standard InChI is InChI=1S/C15H22N2O/c1-15(2)10-13(15)14(18)17(9-8-16)11-12-6-4-3-5-7-12/h3-7,13H,8-11,16H2,1-2H3. The fraction of sp³-hybridized carbons (Fsp3) is 0.533. The van der Waals surface area contributed by atoms with Crippen LogP contribution in [0.1, 0.15) is 25.8 Å². The molecule has 0 aromatic heterocycles. The molecule has 1 atom stereocenters. The van der Waals surface area contributed by atoms with Crippen LogP contribution in [-0.2, 0) is 11.3 Å². The highest BCUT2D eigenvalue weighted by Crippen LogP contribution is 2.52. The van der Waals surface area contributed by atoms with Gasteiger partial charge in [-0.05, 0) is 17.4 Å². The van der Waals surface area contributed by atoms with E-state index in [2.05, 4.69) is 26.0 Å². The van der Waals surface area contributed by atoms with Gasteiger partial charge in [0.2, 0.25) is 5.91 Å². The number of carbonyl (C=O) groups excluding carboxylic acids is 1. The summed E-state index contributed by atoms with van der Waals surface area (Å²) in [6.45, 7) is 6.13. The predicted molar refractivity (Wildman–Crippen MR) is 72.8 cm³/mol. The molecule has 18 heavy (non-hydrogen) atoms. The third-order valence-corrected chi connectivity index (χ3v) is 3.74. The van der Waals surface area contributed by atoms with Crippen LogP contribution in [0.4, 0.5) is 0 Å². The zero-order valence-corrected chi connectivity index (χ0v) is 11.2. The van der Waals surface area contributed by atoms with Crippen molar-refractivity contribution in [1.82, 2.24) is 4.90 Å². The van der Waals surface area contributed by atoms with Crippen molar-refractivity contribution in [2.45, 2.75) is 26.8 Å². The quantitative estimate of drug-likeness (QED) is 0.864. The van der Waals surface area contributed by atoms with E-state index in [0.29, 0.717) is 19.6 Å². The van der Waals surface area contributed by atoms with Crippen molar-refractivity contribution in [3.8, 4) is 0 Å². The van der Waals surface area contributed by atoms with Crippen molar-refractivity contribution in [2.75, 3.05) is 13.1 Å². The maximum Gasteiger partial charge on any atom is 0.226 e. The molecule has 0 heterocycles. The molecule has 1 amide bonds. The summed E-state index contributed by atoms with van der Waals surface area (Å²) in [4.78, 5) is 14.3. The highest BCUT2D eigenvalue weighted by Gasteiger charge is 2.51. The van der Waals surface area contributed by atoms with Gasteiger partial charge in [0, 0.05) is 25.6 Å². The van der Waals surface area contributed by atoms with Gasteiger partial charge in [-0.2, -0.15) is 0 Å². The van der Waals surface area contributed by atoms with Gasteiger partial charge in [0.1, 0.15) is 0 Å². The molecule has 1 saturated carbocycles. The van der Waals surface area contributed by atoms with Gasteiger partial charge in [-0.25, -0.2) is 0 Å². The second-order valence-corrected chi connectivity index (χ2v) is 5.78. The van der Waals surface area contributed by atoms with Gasteiger partial charge in [0.05, 0.1) is 0 Å². The Balaban J connectivity index is 2.02. The molecule has 3 nitrogen and oxygen atoms in total.